The Bertz CT molecular complexity index is 3450. The fraction of sp³-hybridized carbons (Fsp3) is 0. The lowest BCUT2D eigenvalue weighted by molar-refractivity contribution is 0.663. The lowest BCUT2D eigenvalue weighted by atomic mass is 9.93. The molecule has 0 fully saturated rings. The Morgan fingerprint density at radius 1 is 0.345 bits per heavy atom. The van der Waals surface area contributed by atoms with Crippen molar-refractivity contribution >= 4 is 92.4 Å². The van der Waals surface area contributed by atoms with Gasteiger partial charge in [0, 0.05) is 64.3 Å². The molecule has 0 N–H and O–H groups in total. The maximum atomic E-state index is 6.87. The quantitative estimate of drug-likeness (QED) is 0.169. The van der Waals surface area contributed by atoms with Crippen molar-refractivity contribution in [2.75, 3.05) is 4.90 Å². The van der Waals surface area contributed by atoms with Crippen LogP contribution in [-0.4, -0.2) is 0 Å². The van der Waals surface area contributed by atoms with Crippen LogP contribution in [-0.2, 0) is 0 Å². The largest absolute Gasteiger partial charge is 0.456 e. The Labute approximate surface area is 338 Å². The minimum Gasteiger partial charge on any atom is -0.456 e. The van der Waals surface area contributed by atoms with Crippen LogP contribution >= 0.6 is 11.3 Å². The number of thiophene rings is 1. The number of nitrogens with zero attached hydrogens (tertiary/aromatic N) is 1. The van der Waals surface area contributed by atoms with Crippen LogP contribution in [0.15, 0.2) is 209 Å². The van der Waals surface area contributed by atoms with Crippen LogP contribution in [0.25, 0.3) is 97.4 Å². The predicted octanol–water partition coefficient (Wildman–Crippen LogP) is 16.3. The first-order valence-corrected chi connectivity index (χ1v) is 20.4. The molecule has 0 saturated heterocycles. The highest BCUT2D eigenvalue weighted by atomic mass is 32.1. The fourth-order valence-electron chi connectivity index (χ4n) is 8.78. The fourth-order valence-corrected chi connectivity index (χ4v) is 10.0. The van der Waals surface area contributed by atoms with Crippen LogP contribution in [0.3, 0.4) is 0 Å². The summed E-state index contributed by atoms with van der Waals surface area (Å²) in [5.74, 6) is 0. The second-order valence-electron chi connectivity index (χ2n) is 14.8. The molecule has 0 unspecified atom stereocenters. The SMILES string of the molecule is c1ccc(N(c2ccccc2)c2ccc(-c3ccc(-c4cc(-c5cccc6c5sc5ccccc56)cc5c4oc4ccc6oc7ccccc7c6c45)cc3)cc2)cc1. The van der Waals surface area contributed by atoms with Crippen LogP contribution in [0.1, 0.15) is 0 Å². The zero-order chi connectivity index (χ0) is 38.2. The third-order valence-electron chi connectivity index (χ3n) is 11.5. The predicted molar refractivity (Wildman–Crippen MR) is 245 cm³/mol. The minimum absolute atomic E-state index is 0.851. The van der Waals surface area contributed by atoms with Gasteiger partial charge in [-0.3, -0.25) is 0 Å². The number of hydrogen-bond acceptors (Lipinski definition) is 4. The van der Waals surface area contributed by atoms with E-state index in [0.717, 1.165) is 88.8 Å². The van der Waals surface area contributed by atoms with Crippen molar-refractivity contribution in [1.82, 2.24) is 0 Å². The molecule has 4 heteroatoms. The Morgan fingerprint density at radius 3 is 1.66 bits per heavy atom. The summed E-state index contributed by atoms with van der Waals surface area (Å²) in [5.41, 5.74) is 13.7. The highest BCUT2D eigenvalue weighted by molar-refractivity contribution is 7.26. The topological polar surface area (TPSA) is 29.5 Å². The van der Waals surface area contributed by atoms with Crippen LogP contribution in [0.2, 0.25) is 0 Å². The van der Waals surface area contributed by atoms with Gasteiger partial charge in [0.25, 0.3) is 0 Å². The van der Waals surface area contributed by atoms with Crippen molar-refractivity contribution in [3.05, 3.63) is 200 Å². The zero-order valence-electron chi connectivity index (χ0n) is 31.2. The van der Waals surface area contributed by atoms with E-state index in [4.69, 9.17) is 8.83 Å². The first kappa shape index (κ1) is 32.8. The van der Waals surface area contributed by atoms with Crippen molar-refractivity contribution in [1.29, 1.82) is 0 Å². The summed E-state index contributed by atoms with van der Waals surface area (Å²) in [5, 5.41) is 6.93. The van der Waals surface area contributed by atoms with Gasteiger partial charge in [0.05, 0.1) is 0 Å². The Morgan fingerprint density at radius 2 is 0.914 bits per heavy atom. The van der Waals surface area contributed by atoms with E-state index < -0.39 is 0 Å². The van der Waals surface area contributed by atoms with E-state index in [2.05, 4.69) is 187 Å². The van der Waals surface area contributed by atoms with Gasteiger partial charge in [-0.2, -0.15) is 0 Å². The van der Waals surface area contributed by atoms with Crippen molar-refractivity contribution in [3.63, 3.8) is 0 Å². The van der Waals surface area contributed by atoms with Gasteiger partial charge in [-0.05, 0) is 101 Å². The lowest BCUT2D eigenvalue weighted by Gasteiger charge is -2.25. The Balaban J connectivity index is 1.01. The number of rotatable bonds is 6. The first-order valence-electron chi connectivity index (χ1n) is 19.6. The van der Waals surface area contributed by atoms with E-state index in [0.29, 0.717) is 0 Å². The number of para-hydroxylation sites is 3. The molecule has 0 amide bonds. The molecule has 0 aliphatic rings. The van der Waals surface area contributed by atoms with Crippen LogP contribution < -0.4 is 4.90 Å². The summed E-state index contributed by atoms with van der Waals surface area (Å²) in [4.78, 5) is 2.29. The summed E-state index contributed by atoms with van der Waals surface area (Å²) in [6, 6.07) is 71.3. The third-order valence-corrected chi connectivity index (χ3v) is 12.7. The van der Waals surface area contributed by atoms with Gasteiger partial charge in [-0.15, -0.1) is 11.3 Å². The number of benzene rings is 9. The highest BCUT2D eigenvalue weighted by Crippen LogP contribution is 2.47. The molecule has 58 heavy (non-hydrogen) atoms. The van der Waals surface area contributed by atoms with Gasteiger partial charge in [-0.1, -0.05) is 127 Å². The smallest absolute Gasteiger partial charge is 0.143 e. The van der Waals surface area contributed by atoms with Gasteiger partial charge in [0.15, 0.2) is 0 Å². The van der Waals surface area contributed by atoms with Gasteiger partial charge < -0.3 is 13.7 Å². The molecule has 9 aromatic carbocycles. The average Bonchev–Trinajstić information content (AvgIpc) is 3.98. The van der Waals surface area contributed by atoms with E-state index >= 15 is 0 Å². The van der Waals surface area contributed by atoms with Gasteiger partial charge in [0.1, 0.15) is 22.3 Å². The van der Waals surface area contributed by atoms with E-state index in [1.807, 2.05) is 29.5 Å². The third kappa shape index (κ3) is 5.19. The molecular formula is C54H33NO2S. The second kappa shape index (κ2) is 13.1. The maximum absolute atomic E-state index is 6.87. The van der Waals surface area contributed by atoms with Crippen LogP contribution in [0.5, 0.6) is 0 Å². The molecular weight excluding hydrogens is 727 g/mol. The number of hydrogen-bond donors (Lipinski definition) is 0. The zero-order valence-corrected chi connectivity index (χ0v) is 32.0. The molecule has 0 spiro atoms. The number of furan rings is 2. The number of fused-ring (bicyclic) bond motifs is 10. The molecule has 0 bridgehead atoms. The minimum atomic E-state index is 0.851. The molecule has 3 nitrogen and oxygen atoms in total. The van der Waals surface area contributed by atoms with Crippen LogP contribution in [0, 0.1) is 0 Å². The molecule has 3 aromatic heterocycles. The highest BCUT2D eigenvalue weighted by Gasteiger charge is 2.21. The summed E-state index contributed by atoms with van der Waals surface area (Å²) in [7, 11) is 0. The Hall–Kier alpha value is -7.40. The summed E-state index contributed by atoms with van der Waals surface area (Å²) in [6.45, 7) is 0. The standard InChI is InChI=1S/C54H33NO2S/c1-3-12-38(13-4-1)55(39-14-5-2-6-15-39)40-28-26-35(27-29-40)34-22-24-36(25-23-34)45-32-37(41-18-11-19-43-42-16-8-10-21-50(42)58-54(41)43)33-46-52-49(57-53(45)46)31-30-48-51(52)44-17-7-9-20-47(44)56-48/h1-33H. The van der Waals surface area contributed by atoms with Crippen molar-refractivity contribution < 1.29 is 8.83 Å². The Kier molecular flexibility index (Phi) is 7.40. The van der Waals surface area contributed by atoms with Gasteiger partial charge in [-0.25, -0.2) is 0 Å². The average molecular weight is 760 g/mol. The van der Waals surface area contributed by atoms with E-state index in [1.54, 1.807) is 0 Å². The van der Waals surface area contributed by atoms with Crippen molar-refractivity contribution in [2.24, 2.45) is 0 Å². The van der Waals surface area contributed by atoms with Gasteiger partial charge >= 0.3 is 0 Å². The molecule has 0 saturated carbocycles. The molecule has 0 aliphatic heterocycles. The lowest BCUT2D eigenvalue weighted by Crippen LogP contribution is -2.09. The van der Waals surface area contributed by atoms with Gasteiger partial charge in [0.2, 0.25) is 0 Å². The number of anilines is 3. The maximum Gasteiger partial charge on any atom is 0.143 e. The summed E-state index contributed by atoms with van der Waals surface area (Å²) < 4.78 is 15.8. The van der Waals surface area contributed by atoms with Crippen molar-refractivity contribution in [3.8, 4) is 33.4 Å². The molecule has 3 heterocycles. The first-order chi connectivity index (χ1) is 28.7. The van der Waals surface area contributed by atoms with Crippen molar-refractivity contribution in [2.45, 2.75) is 0 Å². The second-order valence-corrected chi connectivity index (χ2v) is 15.9. The molecule has 12 aromatic rings. The normalized spacial score (nSPS) is 11.8. The molecule has 272 valence electrons. The van der Waals surface area contributed by atoms with Crippen LogP contribution in [0.4, 0.5) is 17.1 Å². The summed E-state index contributed by atoms with van der Waals surface area (Å²) >= 11 is 1.86. The molecule has 0 aliphatic carbocycles. The monoisotopic (exact) mass is 759 g/mol. The van der Waals surface area contributed by atoms with E-state index in [-0.39, 0.29) is 0 Å². The van der Waals surface area contributed by atoms with E-state index in [9.17, 15) is 0 Å². The molecule has 12 rings (SSSR count). The summed E-state index contributed by atoms with van der Waals surface area (Å²) in [6.07, 6.45) is 0. The van der Waals surface area contributed by atoms with E-state index in [1.165, 1.54) is 25.7 Å². The molecule has 0 atom stereocenters. The molecule has 0 radical (unpaired) electrons.